The first-order valence-electron chi connectivity index (χ1n) is 6.76. The van der Waals surface area contributed by atoms with Gasteiger partial charge in [-0.25, -0.2) is 18.1 Å². The average molecular weight is 283 g/mol. The second kappa shape index (κ2) is 5.88. The molecule has 1 fully saturated rings. The monoisotopic (exact) mass is 283 g/mol. The van der Waals surface area contributed by atoms with Gasteiger partial charge in [0.15, 0.2) is 5.03 Å². The SMILES string of the molecule is CCCNc1cccnc1S(=O)(=O)NC(C)C1CC1. The van der Waals surface area contributed by atoms with E-state index in [2.05, 4.69) is 15.0 Å². The van der Waals surface area contributed by atoms with Crippen LogP contribution in [0.25, 0.3) is 0 Å². The number of rotatable bonds is 7. The molecule has 0 aromatic carbocycles. The van der Waals surface area contributed by atoms with Gasteiger partial charge in [0.2, 0.25) is 0 Å². The Labute approximate surface area is 114 Å². The van der Waals surface area contributed by atoms with Gasteiger partial charge in [0.25, 0.3) is 10.0 Å². The van der Waals surface area contributed by atoms with E-state index in [-0.39, 0.29) is 11.1 Å². The third kappa shape index (κ3) is 3.67. The van der Waals surface area contributed by atoms with E-state index in [0.717, 1.165) is 25.8 Å². The molecule has 5 nitrogen and oxygen atoms in total. The molecule has 2 rings (SSSR count). The molecule has 0 aliphatic heterocycles. The quantitative estimate of drug-likeness (QED) is 0.802. The third-order valence-corrected chi connectivity index (χ3v) is 4.78. The van der Waals surface area contributed by atoms with Crippen molar-refractivity contribution in [1.82, 2.24) is 9.71 Å². The number of hydrogen-bond acceptors (Lipinski definition) is 4. The van der Waals surface area contributed by atoms with Gasteiger partial charge in [-0.15, -0.1) is 0 Å². The van der Waals surface area contributed by atoms with Gasteiger partial charge in [0.1, 0.15) is 0 Å². The van der Waals surface area contributed by atoms with Gasteiger partial charge in [-0.2, -0.15) is 0 Å². The Morgan fingerprint density at radius 2 is 2.21 bits per heavy atom. The van der Waals surface area contributed by atoms with Crippen LogP contribution in [-0.4, -0.2) is 26.0 Å². The molecule has 1 aliphatic carbocycles. The van der Waals surface area contributed by atoms with Gasteiger partial charge in [-0.3, -0.25) is 0 Å². The van der Waals surface area contributed by atoms with Crippen molar-refractivity contribution in [2.75, 3.05) is 11.9 Å². The zero-order valence-electron chi connectivity index (χ0n) is 11.4. The van der Waals surface area contributed by atoms with E-state index >= 15 is 0 Å². The number of nitrogens with one attached hydrogen (secondary N) is 2. The Morgan fingerprint density at radius 1 is 1.47 bits per heavy atom. The molecule has 1 aliphatic rings. The number of nitrogens with zero attached hydrogens (tertiary/aromatic N) is 1. The summed E-state index contributed by atoms with van der Waals surface area (Å²) in [5.74, 6) is 0.477. The topological polar surface area (TPSA) is 71.1 Å². The molecule has 1 atom stereocenters. The number of sulfonamides is 1. The van der Waals surface area contributed by atoms with Crippen LogP contribution < -0.4 is 10.0 Å². The molecule has 1 heterocycles. The summed E-state index contributed by atoms with van der Waals surface area (Å²) in [5.41, 5.74) is 0.569. The molecule has 0 saturated heterocycles. The maximum absolute atomic E-state index is 12.3. The van der Waals surface area contributed by atoms with Crippen molar-refractivity contribution < 1.29 is 8.42 Å². The van der Waals surface area contributed by atoms with Gasteiger partial charge in [-0.05, 0) is 44.2 Å². The molecule has 0 radical (unpaired) electrons. The smallest absolute Gasteiger partial charge is 0.260 e. The van der Waals surface area contributed by atoms with Gasteiger partial charge < -0.3 is 5.32 Å². The van der Waals surface area contributed by atoms with Gasteiger partial charge in [0.05, 0.1) is 5.69 Å². The molecule has 6 heteroatoms. The first-order valence-corrected chi connectivity index (χ1v) is 8.24. The van der Waals surface area contributed by atoms with Crippen molar-refractivity contribution in [3.63, 3.8) is 0 Å². The summed E-state index contributed by atoms with van der Waals surface area (Å²) in [6.45, 7) is 4.68. The maximum atomic E-state index is 12.3. The lowest BCUT2D eigenvalue weighted by atomic mass is 10.2. The summed E-state index contributed by atoms with van der Waals surface area (Å²) in [6.07, 6.45) is 4.65. The molecule has 19 heavy (non-hydrogen) atoms. The lowest BCUT2D eigenvalue weighted by Crippen LogP contribution is -2.35. The minimum absolute atomic E-state index is 0.0222. The Balaban J connectivity index is 2.18. The van der Waals surface area contributed by atoms with Crippen LogP contribution in [0.3, 0.4) is 0 Å². The summed E-state index contributed by atoms with van der Waals surface area (Å²) in [7, 11) is -3.55. The molecular formula is C13H21N3O2S. The maximum Gasteiger partial charge on any atom is 0.260 e. The van der Waals surface area contributed by atoms with Crippen LogP contribution in [0.15, 0.2) is 23.4 Å². The predicted molar refractivity (Wildman–Crippen MR) is 75.5 cm³/mol. The highest BCUT2D eigenvalue weighted by atomic mass is 32.2. The zero-order valence-corrected chi connectivity index (χ0v) is 12.2. The second-order valence-electron chi connectivity index (χ2n) is 5.03. The fraction of sp³-hybridized carbons (Fsp3) is 0.615. The van der Waals surface area contributed by atoms with Gasteiger partial charge in [-0.1, -0.05) is 6.92 Å². The number of pyridine rings is 1. The molecule has 1 unspecified atom stereocenters. The Hall–Kier alpha value is -1.14. The number of hydrogen-bond donors (Lipinski definition) is 2. The fourth-order valence-electron chi connectivity index (χ4n) is 1.99. The van der Waals surface area contributed by atoms with E-state index in [9.17, 15) is 8.42 Å². The summed E-state index contributed by atoms with van der Waals surface area (Å²) in [4.78, 5) is 4.02. The highest BCUT2D eigenvalue weighted by Crippen LogP contribution is 2.33. The molecule has 1 aromatic heterocycles. The molecule has 1 aromatic rings. The standard InChI is InChI=1S/C13H21N3O2S/c1-3-8-14-12-5-4-9-15-13(12)19(17,18)16-10(2)11-6-7-11/h4-5,9-11,14,16H,3,6-8H2,1-2H3. The minimum atomic E-state index is -3.55. The highest BCUT2D eigenvalue weighted by molar-refractivity contribution is 7.89. The van der Waals surface area contributed by atoms with Crippen molar-refractivity contribution in [3.05, 3.63) is 18.3 Å². The zero-order chi connectivity index (χ0) is 13.9. The van der Waals surface area contributed by atoms with Crippen LogP contribution >= 0.6 is 0 Å². The van der Waals surface area contributed by atoms with Crippen LogP contribution in [0.4, 0.5) is 5.69 Å². The molecule has 106 valence electrons. The highest BCUT2D eigenvalue weighted by Gasteiger charge is 2.32. The molecule has 0 spiro atoms. The van der Waals surface area contributed by atoms with Crippen LogP contribution in [0.5, 0.6) is 0 Å². The third-order valence-electron chi connectivity index (χ3n) is 3.26. The molecule has 0 amide bonds. The largest absolute Gasteiger partial charge is 0.383 e. The first kappa shape index (κ1) is 14.3. The Morgan fingerprint density at radius 3 is 2.84 bits per heavy atom. The molecule has 1 saturated carbocycles. The average Bonchev–Trinajstić information content (AvgIpc) is 3.20. The van der Waals surface area contributed by atoms with Crippen molar-refractivity contribution >= 4 is 15.7 Å². The lowest BCUT2D eigenvalue weighted by Gasteiger charge is -2.15. The minimum Gasteiger partial charge on any atom is -0.383 e. The van der Waals surface area contributed by atoms with E-state index in [1.54, 1.807) is 12.1 Å². The van der Waals surface area contributed by atoms with Crippen molar-refractivity contribution in [2.24, 2.45) is 5.92 Å². The van der Waals surface area contributed by atoms with Crippen LogP contribution in [0, 0.1) is 5.92 Å². The summed E-state index contributed by atoms with van der Waals surface area (Å²) < 4.78 is 27.4. The van der Waals surface area contributed by atoms with Gasteiger partial charge >= 0.3 is 0 Å². The normalized spacial score (nSPS) is 17.2. The summed E-state index contributed by atoms with van der Waals surface area (Å²) in [6, 6.07) is 3.46. The molecule has 0 bridgehead atoms. The fourth-order valence-corrected chi connectivity index (χ4v) is 3.42. The van der Waals surface area contributed by atoms with E-state index in [0.29, 0.717) is 11.6 Å². The van der Waals surface area contributed by atoms with Crippen LogP contribution in [0.1, 0.15) is 33.1 Å². The molecule has 2 N–H and O–H groups in total. The Bertz CT molecular complexity index is 526. The number of aromatic nitrogens is 1. The number of anilines is 1. The van der Waals surface area contributed by atoms with E-state index < -0.39 is 10.0 Å². The Kier molecular flexibility index (Phi) is 4.42. The van der Waals surface area contributed by atoms with E-state index in [1.807, 2.05) is 13.8 Å². The van der Waals surface area contributed by atoms with E-state index in [4.69, 9.17) is 0 Å². The predicted octanol–water partition coefficient (Wildman–Crippen LogP) is 1.98. The second-order valence-corrected chi connectivity index (χ2v) is 6.66. The molecular weight excluding hydrogens is 262 g/mol. The van der Waals surface area contributed by atoms with Crippen molar-refractivity contribution in [3.8, 4) is 0 Å². The van der Waals surface area contributed by atoms with Crippen molar-refractivity contribution in [2.45, 2.75) is 44.2 Å². The van der Waals surface area contributed by atoms with Crippen LogP contribution in [-0.2, 0) is 10.0 Å². The lowest BCUT2D eigenvalue weighted by molar-refractivity contribution is 0.535. The summed E-state index contributed by atoms with van der Waals surface area (Å²) >= 11 is 0. The van der Waals surface area contributed by atoms with E-state index in [1.165, 1.54) is 6.20 Å². The van der Waals surface area contributed by atoms with Crippen molar-refractivity contribution in [1.29, 1.82) is 0 Å². The van der Waals surface area contributed by atoms with Crippen LogP contribution in [0.2, 0.25) is 0 Å². The first-order chi connectivity index (χ1) is 9.04. The summed E-state index contributed by atoms with van der Waals surface area (Å²) in [5, 5.41) is 3.20. The van der Waals surface area contributed by atoms with Gasteiger partial charge in [0, 0.05) is 18.8 Å².